The Balaban J connectivity index is 1.65. The van der Waals surface area contributed by atoms with E-state index < -0.39 is 0 Å². The first-order valence-corrected chi connectivity index (χ1v) is 9.71. The van der Waals surface area contributed by atoms with Crippen molar-refractivity contribution in [2.24, 2.45) is 0 Å². The highest BCUT2D eigenvalue weighted by Gasteiger charge is 2.28. The molecule has 148 valence electrons. The highest BCUT2D eigenvalue weighted by Crippen LogP contribution is 2.36. The molecule has 2 aromatic carbocycles. The first kappa shape index (κ1) is 20.2. The van der Waals surface area contributed by atoms with Gasteiger partial charge in [0, 0.05) is 11.6 Å². The smallest absolute Gasteiger partial charge is 0.265 e. The Kier molecular flexibility index (Phi) is 5.94. The maximum atomic E-state index is 12.4. The van der Waals surface area contributed by atoms with Gasteiger partial charge in [-0.05, 0) is 47.2 Å². The molecular formula is C22H25ClN2O3. The number of fused-ring (bicyclic) bond motifs is 1. The molecule has 0 spiro atoms. The van der Waals surface area contributed by atoms with E-state index in [-0.39, 0.29) is 30.4 Å². The maximum absolute atomic E-state index is 12.4. The number of ether oxygens (including phenoxy) is 1. The molecule has 0 atom stereocenters. The summed E-state index contributed by atoms with van der Waals surface area (Å²) in [7, 11) is 0. The minimum atomic E-state index is -0.216. The predicted octanol–water partition coefficient (Wildman–Crippen LogP) is 3.72. The Morgan fingerprint density at radius 2 is 1.89 bits per heavy atom. The summed E-state index contributed by atoms with van der Waals surface area (Å²) in [6.45, 7) is 6.73. The molecule has 5 nitrogen and oxygen atoms in total. The van der Waals surface area contributed by atoms with Crippen LogP contribution in [0.2, 0.25) is 5.02 Å². The molecule has 1 N–H and O–H groups in total. The van der Waals surface area contributed by atoms with Crippen LogP contribution in [0, 0.1) is 0 Å². The number of nitrogens with one attached hydrogen (secondary N) is 1. The molecule has 28 heavy (non-hydrogen) atoms. The maximum Gasteiger partial charge on any atom is 0.265 e. The molecule has 2 amide bonds. The molecule has 0 saturated heterocycles. The zero-order valence-corrected chi connectivity index (χ0v) is 17.2. The molecule has 0 aliphatic carbocycles. The van der Waals surface area contributed by atoms with E-state index in [9.17, 15) is 9.59 Å². The van der Waals surface area contributed by atoms with E-state index in [0.29, 0.717) is 29.4 Å². The normalized spacial score (nSPS) is 13.7. The lowest BCUT2D eigenvalue weighted by Crippen LogP contribution is -2.45. The van der Waals surface area contributed by atoms with Gasteiger partial charge in [0.05, 0.1) is 5.69 Å². The summed E-state index contributed by atoms with van der Waals surface area (Å²) >= 11 is 5.88. The van der Waals surface area contributed by atoms with Crippen LogP contribution < -0.4 is 15.0 Å². The lowest BCUT2D eigenvalue weighted by atomic mass is 9.86. The lowest BCUT2D eigenvalue weighted by Gasteiger charge is -2.31. The first-order chi connectivity index (χ1) is 13.2. The molecule has 1 aliphatic rings. The average molecular weight is 401 g/mol. The molecule has 0 bridgehead atoms. The molecule has 2 aromatic rings. The highest BCUT2D eigenvalue weighted by atomic mass is 35.5. The summed E-state index contributed by atoms with van der Waals surface area (Å²) < 4.78 is 5.53. The van der Waals surface area contributed by atoms with Crippen molar-refractivity contribution >= 4 is 29.1 Å². The molecular weight excluding hydrogens is 376 g/mol. The van der Waals surface area contributed by atoms with Crippen molar-refractivity contribution in [3.05, 3.63) is 58.6 Å². The van der Waals surface area contributed by atoms with E-state index in [0.717, 1.165) is 11.1 Å². The average Bonchev–Trinajstić information content (AvgIpc) is 2.64. The summed E-state index contributed by atoms with van der Waals surface area (Å²) in [4.78, 5) is 26.3. The number of anilines is 1. The Labute approximate surface area is 170 Å². The van der Waals surface area contributed by atoms with Gasteiger partial charge in [-0.1, -0.05) is 50.6 Å². The Morgan fingerprint density at radius 3 is 2.57 bits per heavy atom. The molecule has 6 heteroatoms. The minimum absolute atomic E-state index is 0.0244. The van der Waals surface area contributed by atoms with E-state index >= 15 is 0 Å². The number of hydrogen-bond donors (Lipinski definition) is 1. The van der Waals surface area contributed by atoms with Gasteiger partial charge in [-0.25, -0.2) is 0 Å². The van der Waals surface area contributed by atoms with E-state index in [2.05, 4.69) is 26.1 Å². The van der Waals surface area contributed by atoms with Crippen LogP contribution in [0.3, 0.4) is 0 Å². The number of hydrogen-bond acceptors (Lipinski definition) is 3. The van der Waals surface area contributed by atoms with E-state index in [4.69, 9.17) is 16.3 Å². The SMILES string of the molecule is CC(C)(C)c1ccc2c(c1)N(CC(=O)NCCc1ccc(Cl)cc1)C(=O)CO2. The van der Waals surface area contributed by atoms with Crippen LogP contribution in [0.25, 0.3) is 0 Å². The van der Waals surface area contributed by atoms with Crippen LogP contribution in [0.5, 0.6) is 5.75 Å². The van der Waals surface area contributed by atoms with Gasteiger partial charge in [-0.3, -0.25) is 14.5 Å². The van der Waals surface area contributed by atoms with Crippen LogP contribution in [0.1, 0.15) is 31.9 Å². The number of nitrogens with zero attached hydrogens (tertiary/aromatic N) is 1. The molecule has 1 aliphatic heterocycles. The summed E-state index contributed by atoms with van der Waals surface area (Å²) in [5, 5.41) is 3.57. The summed E-state index contributed by atoms with van der Waals surface area (Å²) in [6.07, 6.45) is 0.699. The van der Waals surface area contributed by atoms with E-state index in [1.807, 2.05) is 42.5 Å². The van der Waals surface area contributed by atoms with Crippen molar-refractivity contribution in [3.8, 4) is 5.75 Å². The van der Waals surface area contributed by atoms with Crippen LogP contribution in [-0.4, -0.2) is 31.5 Å². The quantitative estimate of drug-likeness (QED) is 0.832. The summed E-state index contributed by atoms with van der Waals surface area (Å²) in [6, 6.07) is 13.3. The third kappa shape index (κ3) is 4.84. The van der Waals surface area contributed by atoms with Gasteiger partial charge < -0.3 is 10.1 Å². The van der Waals surface area contributed by atoms with Crippen LogP contribution in [0.4, 0.5) is 5.69 Å². The summed E-state index contributed by atoms with van der Waals surface area (Å²) in [5.74, 6) is 0.212. The van der Waals surface area contributed by atoms with Crippen molar-refractivity contribution in [1.29, 1.82) is 0 Å². The fourth-order valence-corrected chi connectivity index (χ4v) is 3.16. The minimum Gasteiger partial charge on any atom is -0.482 e. The van der Waals surface area contributed by atoms with Gasteiger partial charge in [-0.15, -0.1) is 0 Å². The number of benzene rings is 2. The Hall–Kier alpha value is -2.53. The Morgan fingerprint density at radius 1 is 1.18 bits per heavy atom. The van der Waals surface area contributed by atoms with Gasteiger partial charge in [0.25, 0.3) is 5.91 Å². The van der Waals surface area contributed by atoms with Crippen LogP contribution in [0.15, 0.2) is 42.5 Å². The fourth-order valence-electron chi connectivity index (χ4n) is 3.04. The largest absolute Gasteiger partial charge is 0.482 e. The number of rotatable bonds is 5. The van der Waals surface area contributed by atoms with E-state index in [1.54, 1.807) is 0 Å². The third-order valence-electron chi connectivity index (χ3n) is 4.72. The van der Waals surface area contributed by atoms with Crippen molar-refractivity contribution in [2.45, 2.75) is 32.6 Å². The Bertz CT molecular complexity index is 872. The molecule has 0 aromatic heterocycles. The lowest BCUT2D eigenvalue weighted by molar-refractivity contribution is -0.125. The molecule has 3 rings (SSSR count). The molecule has 0 radical (unpaired) electrons. The second kappa shape index (κ2) is 8.23. The van der Waals surface area contributed by atoms with Gasteiger partial charge in [0.2, 0.25) is 5.91 Å². The van der Waals surface area contributed by atoms with Gasteiger partial charge >= 0.3 is 0 Å². The van der Waals surface area contributed by atoms with Gasteiger partial charge in [-0.2, -0.15) is 0 Å². The predicted molar refractivity (Wildman–Crippen MR) is 111 cm³/mol. The first-order valence-electron chi connectivity index (χ1n) is 9.33. The number of carbonyl (C=O) groups excluding carboxylic acids is 2. The summed E-state index contributed by atoms with van der Waals surface area (Å²) in [5.41, 5.74) is 2.75. The zero-order valence-electron chi connectivity index (χ0n) is 16.4. The number of halogens is 1. The molecule has 0 fully saturated rings. The highest BCUT2D eigenvalue weighted by molar-refractivity contribution is 6.30. The van der Waals surface area contributed by atoms with Crippen molar-refractivity contribution in [1.82, 2.24) is 5.32 Å². The van der Waals surface area contributed by atoms with Crippen molar-refractivity contribution in [2.75, 3.05) is 24.6 Å². The number of carbonyl (C=O) groups is 2. The van der Waals surface area contributed by atoms with Crippen LogP contribution in [-0.2, 0) is 21.4 Å². The van der Waals surface area contributed by atoms with Gasteiger partial charge in [0.15, 0.2) is 6.61 Å². The van der Waals surface area contributed by atoms with Crippen molar-refractivity contribution < 1.29 is 14.3 Å². The molecule has 0 saturated carbocycles. The monoisotopic (exact) mass is 400 g/mol. The third-order valence-corrected chi connectivity index (χ3v) is 4.97. The van der Waals surface area contributed by atoms with Crippen LogP contribution >= 0.6 is 11.6 Å². The topological polar surface area (TPSA) is 58.6 Å². The standard InChI is InChI=1S/C22H25ClN2O3/c1-22(2,3)16-6-9-19-18(12-16)25(21(27)14-28-19)13-20(26)24-11-10-15-4-7-17(23)8-5-15/h4-9,12H,10-11,13-14H2,1-3H3,(H,24,26). The van der Waals surface area contributed by atoms with Gasteiger partial charge in [0.1, 0.15) is 12.3 Å². The second-order valence-corrected chi connectivity index (χ2v) is 8.36. The zero-order chi connectivity index (χ0) is 20.3. The fraction of sp³-hybridized carbons (Fsp3) is 0.364. The molecule has 0 unspecified atom stereocenters. The van der Waals surface area contributed by atoms with E-state index in [1.165, 1.54) is 4.90 Å². The van der Waals surface area contributed by atoms with Crippen molar-refractivity contribution in [3.63, 3.8) is 0 Å². The second-order valence-electron chi connectivity index (χ2n) is 7.93. The molecule has 1 heterocycles. The number of amides is 2.